The highest BCUT2D eigenvalue weighted by Crippen LogP contribution is 2.39. The number of aliphatic imine (C=N–C) groups is 2. The SMILES string of the molecule is CCS(=O)(=O)C1=C2C=CC(=N2)C=c2ccc([nH]2)=CC2=NC(=CC3(c4cc(OC5CCN(C(=O)OC(C)C)CC5)ncn4)CC=C1N3)C=C2. The average molecular weight is 668 g/mol. The number of piperidine rings is 1. The van der Waals surface area contributed by atoms with E-state index in [4.69, 9.17) is 19.5 Å². The minimum atomic E-state index is -3.71. The van der Waals surface area contributed by atoms with Crippen LogP contribution in [0, 0.1) is 0 Å². The Bertz CT molecular complexity index is 2110. The number of carbonyl (C=O) groups is 1. The highest BCUT2D eigenvalue weighted by molar-refractivity contribution is 7.95. The minimum absolute atomic E-state index is 0.0902. The molecule has 2 aromatic heterocycles. The molecule has 5 aliphatic heterocycles. The first-order valence-corrected chi connectivity index (χ1v) is 17.8. The number of allylic oxidation sites excluding steroid dienone is 4. The molecule has 0 saturated carbocycles. The third-order valence-corrected chi connectivity index (χ3v) is 10.5. The van der Waals surface area contributed by atoms with Crippen molar-refractivity contribution in [2.75, 3.05) is 18.8 Å². The first kappa shape index (κ1) is 31.6. The number of nitrogens with zero attached hydrogens (tertiary/aromatic N) is 5. The van der Waals surface area contributed by atoms with E-state index in [1.165, 1.54) is 6.33 Å². The molecular formula is C35H37N7O5S. The lowest BCUT2D eigenvalue weighted by atomic mass is 9.91. The highest BCUT2D eigenvalue weighted by atomic mass is 32.2. The fraction of sp³-hybridized carbons (Fsp3) is 0.343. The van der Waals surface area contributed by atoms with Crippen molar-refractivity contribution < 1.29 is 22.7 Å². The standard InChI is InChI=1S/C35H37N7O5S/c1-4-48(44,45)33-29-10-9-26(40-29)18-24-6-5-23(38-24)17-25-7-8-27(39-25)20-35(14-11-30(33)41-35)31-19-32(37-21-36-31)47-28-12-15-42(16-13-28)34(43)46-22(2)3/h5-11,17-22,28,38,41H,4,12-16H2,1-3H3. The number of nitrogens with one attached hydrogen (secondary N) is 2. The lowest BCUT2D eigenvalue weighted by Gasteiger charge is -2.32. The molecule has 8 bridgehead atoms. The molecule has 1 atom stereocenters. The van der Waals surface area contributed by atoms with Gasteiger partial charge in [0.25, 0.3) is 0 Å². The summed E-state index contributed by atoms with van der Waals surface area (Å²) in [6.07, 6.45) is 17.6. The number of ether oxygens (including phenoxy) is 2. The van der Waals surface area contributed by atoms with Crippen molar-refractivity contribution in [3.63, 3.8) is 0 Å². The number of carbonyl (C=O) groups excluding carboxylic acids is 1. The van der Waals surface area contributed by atoms with Crippen LogP contribution >= 0.6 is 0 Å². The fourth-order valence-electron chi connectivity index (χ4n) is 6.26. The quantitative estimate of drug-likeness (QED) is 0.477. The Balaban J connectivity index is 1.25. The molecule has 248 valence electrons. The van der Waals surface area contributed by atoms with Gasteiger partial charge in [0.2, 0.25) is 5.88 Å². The second-order valence-corrected chi connectivity index (χ2v) is 14.7. The maximum Gasteiger partial charge on any atom is 0.410 e. The molecule has 1 amide bonds. The zero-order chi connectivity index (χ0) is 33.5. The lowest BCUT2D eigenvalue weighted by Crippen LogP contribution is -2.42. The van der Waals surface area contributed by atoms with E-state index < -0.39 is 15.4 Å². The van der Waals surface area contributed by atoms with Gasteiger partial charge < -0.3 is 24.7 Å². The molecule has 13 heteroatoms. The number of likely N-dealkylation sites (tertiary alicyclic amines) is 1. The zero-order valence-corrected chi connectivity index (χ0v) is 27.8. The number of aromatic amines is 1. The number of hydrogen-bond donors (Lipinski definition) is 2. The van der Waals surface area contributed by atoms with Crippen molar-refractivity contribution in [2.45, 2.75) is 57.8 Å². The second-order valence-electron chi connectivity index (χ2n) is 12.5. The van der Waals surface area contributed by atoms with Gasteiger partial charge in [-0.15, -0.1) is 0 Å². The summed E-state index contributed by atoms with van der Waals surface area (Å²) in [7, 11) is -3.71. The van der Waals surface area contributed by atoms with Crippen molar-refractivity contribution in [1.82, 2.24) is 25.2 Å². The number of rotatable bonds is 6. The van der Waals surface area contributed by atoms with Crippen LogP contribution in [0.5, 0.6) is 5.88 Å². The van der Waals surface area contributed by atoms with Crippen LogP contribution in [0.2, 0.25) is 0 Å². The van der Waals surface area contributed by atoms with E-state index in [9.17, 15) is 13.2 Å². The Morgan fingerprint density at radius 3 is 2.50 bits per heavy atom. The monoisotopic (exact) mass is 667 g/mol. The molecule has 0 aromatic carbocycles. The number of aromatic nitrogens is 3. The summed E-state index contributed by atoms with van der Waals surface area (Å²) in [6.45, 7) is 6.33. The molecule has 2 aromatic rings. The summed E-state index contributed by atoms with van der Waals surface area (Å²) in [5.41, 5.74) is 2.56. The van der Waals surface area contributed by atoms with Crippen molar-refractivity contribution in [1.29, 1.82) is 0 Å². The maximum atomic E-state index is 13.6. The maximum absolute atomic E-state index is 13.6. The van der Waals surface area contributed by atoms with E-state index in [-0.39, 0.29) is 29.0 Å². The van der Waals surface area contributed by atoms with Crippen molar-refractivity contribution >= 4 is 39.5 Å². The lowest BCUT2D eigenvalue weighted by molar-refractivity contribution is 0.0506. The molecule has 7 heterocycles. The summed E-state index contributed by atoms with van der Waals surface area (Å²) in [5, 5.41) is 5.26. The molecule has 5 aliphatic rings. The normalized spacial score (nSPS) is 22.0. The zero-order valence-electron chi connectivity index (χ0n) is 27.0. The molecule has 48 heavy (non-hydrogen) atoms. The van der Waals surface area contributed by atoms with E-state index in [2.05, 4.69) is 20.3 Å². The van der Waals surface area contributed by atoms with Gasteiger partial charge in [0.05, 0.1) is 46.1 Å². The van der Waals surface area contributed by atoms with Gasteiger partial charge in [0.1, 0.15) is 22.9 Å². The molecular weight excluding hydrogens is 630 g/mol. The van der Waals surface area contributed by atoms with Gasteiger partial charge in [-0.1, -0.05) is 13.0 Å². The number of fused-ring (bicyclic) bond motifs is 6. The Labute approximate surface area is 278 Å². The van der Waals surface area contributed by atoms with E-state index in [0.29, 0.717) is 66.7 Å². The van der Waals surface area contributed by atoms with Crippen LogP contribution in [0.1, 0.15) is 45.7 Å². The Kier molecular flexibility index (Phi) is 8.24. The van der Waals surface area contributed by atoms with Gasteiger partial charge in [0.15, 0.2) is 9.84 Å². The van der Waals surface area contributed by atoms with Crippen LogP contribution in [0.3, 0.4) is 0 Å². The van der Waals surface area contributed by atoms with Crippen molar-refractivity contribution in [2.24, 2.45) is 9.98 Å². The largest absolute Gasteiger partial charge is 0.474 e. The van der Waals surface area contributed by atoms with Crippen LogP contribution in [-0.2, 0) is 20.1 Å². The van der Waals surface area contributed by atoms with E-state index in [1.54, 1.807) is 24.0 Å². The van der Waals surface area contributed by atoms with E-state index in [1.807, 2.05) is 68.5 Å². The summed E-state index contributed by atoms with van der Waals surface area (Å²) >= 11 is 0. The Hall–Kier alpha value is -5.04. The molecule has 0 radical (unpaired) electrons. The van der Waals surface area contributed by atoms with Crippen LogP contribution in [-0.4, -0.2) is 76.8 Å². The van der Waals surface area contributed by atoms with Gasteiger partial charge in [-0.05, 0) is 68.5 Å². The van der Waals surface area contributed by atoms with Crippen LogP contribution in [0.15, 0.2) is 93.0 Å². The van der Waals surface area contributed by atoms with Crippen LogP contribution < -0.4 is 20.8 Å². The second kappa shape index (κ2) is 12.5. The van der Waals surface area contributed by atoms with Crippen LogP contribution in [0.25, 0.3) is 12.2 Å². The van der Waals surface area contributed by atoms with Gasteiger partial charge in [-0.25, -0.2) is 33.2 Å². The van der Waals surface area contributed by atoms with Crippen LogP contribution in [0.4, 0.5) is 4.79 Å². The molecule has 1 saturated heterocycles. The molecule has 12 nitrogen and oxygen atoms in total. The number of H-pyrrole nitrogens is 1. The van der Waals surface area contributed by atoms with Gasteiger partial charge in [-0.3, -0.25) is 0 Å². The van der Waals surface area contributed by atoms with Gasteiger partial charge >= 0.3 is 6.09 Å². The summed E-state index contributed by atoms with van der Waals surface area (Å²) in [6, 6.07) is 5.70. The third-order valence-electron chi connectivity index (χ3n) is 8.65. The topological polar surface area (TPSA) is 151 Å². The van der Waals surface area contributed by atoms with Gasteiger partial charge in [0, 0.05) is 49.1 Å². The fourth-order valence-corrected chi connectivity index (χ4v) is 7.45. The Morgan fingerprint density at radius 2 is 1.77 bits per heavy atom. The first-order chi connectivity index (χ1) is 23.1. The van der Waals surface area contributed by atoms with Gasteiger partial charge in [-0.2, -0.15) is 0 Å². The molecule has 0 spiro atoms. The molecule has 0 aliphatic carbocycles. The summed E-state index contributed by atoms with van der Waals surface area (Å²) < 4.78 is 39.0. The summed E-state index contributed by atoms with van der Waals surface area (Å²) in [5.74, 6) is 0.302. The smallest absolute Gasteiger partial charge is 0.410 e. The molecule has 2 N–H and O–H groups in total. The summed E-state index contributed by atoms with van der Waals surface area (Å²) in [4.78, 5) is 36.2. The van der Waals surface area contributed by atoms with E-state index >= 15 is 0 Å². The molecule has 7 rings (SSSR count). The number of amides is 1. The number of sulfone groups is 1. The van der Waals surface area contributed by atoms with Crippen molar-refractivity contribution in [3.05, 3.63) is 99.4 Å². The highest BCUT2D eigenvalue weighted by Gasteiger charge is 2.40. The Morgan fingerprint density at radius 1 is 1.04 bits per heavy atom. The predicted molar refractivity (Wildman–Crippen MR) is 183 cm³/mol. The minimum Gasteiger partial charge on any atom is -0.474 e. The average Bonchev–Trinajstić information content (AvgIpc) is 3.88. The predicted octanol–water partition coefficient (Wildman–Crippen LogP) is 3.09. The van der Waals surface area contributed by atoms with Crippen molar-refractivity contribution in [3.8, 4) is 5.88 Å². The third kappa shape index (κ3) is 6.42. The molecule has 1 unspecified atom stereocenters. The number of hydrogen-bond acceptors (Lipinski definition) is 10. The first-order valence-electron chi connectivity index (χ1n) is 16.1. The van der Waals surface area contributed by atoms with E-state index in [0.717, 1.165) is 16.4 Å². The molecule has 1 fully saturated rings.